The SMILES string of the molecule is CC1(NS(=O)(=O)c2cc(Br)c3nc(Cl)[nH]c(=O)c3c2)CC1. The molecule has 1 aromatic carbocycles. The third-order valence-electron chi connectivity index (χ3n) is 3.40. The molecule has 1 heterocycles. The van der Waals surface area contributed by atoms with Crippen molar-refractivity contribution in [3.63, 3.8) is 0 Å². The van der Waals surface area contributed by atoms with Crippen LogP contribution in [-0.4, -0.2) is 23.9 Å². The summed E-state index contributed by atoms with van der Waals surface area (Å²) in [6.45, 7) is 1.84. The van der Waals surface area contributed by atoms with Gasteiger partial charge in [-0.2, -0.15) is 0 Å². The lowest BCUT2D eigenvalue weighted by atomic mass is 10.2. The Kier molecular flexibility index (Phi) is 3.40. The number of H-pyrrole nitrogens is 1. The fraction of sp³-hybridized carbons (Fsp3) is 0.333. The summed E-state index contributed by atoms with van der Waals surface area (Å²) in [6, 6.07) is 2.72. The zero-order valence-corrected chi connectivity index (χ0v) is 14.1. The molecule has 1 fully saturated rings. The lowest BCUT2D eigenvalue weighted by Gasteiger charge is -2.13. The van der Waals surface area contributed by atoms with Crippen LogP contribution in [0.3, 0.4) is 0 Å². The van der Waals surface area contributed by atoms with Crippen molar-refractivity contribution >= 4 is 48.5 Å². The number of fused-ring (bicyclic) bond motifs is 1. The van der Waals surface area contributed by atoms with Crippen molar-refractivity contribution in [3.8, 4) is 0 Å². The summed E-state index contributed by atoms with van der Waals surface area (Å²) in [5, 5.41) is 0.113. The van der Waals surface area contributed by atoms with Crippen LogP contribution < -0.4 is 10.3 Å². The lowest BCUT2D eigenvalue weighted by Crippen LogP contribution is -2.34. The molecule has 21 heavy (non-hydrogen) atoms. The molecule has 1 aliphatic carbocycles. The predicted molar refractivity (Wildman–Crippen MR) is 83.0 cm³/mol. The van der Waals surface area contributed by atoms with Gasteiger partial charge in [0.25, 0.3) is 5.56 Å². The van der Waals surface area contributed by atoms with Gasteiger partial charge >= 0.3 is 0 Å². The normalized spacial score (nSPS) is 17.1. The molecule has 0 unspecified atom stereocenters. The highest BCUT2D eigenvalue weighted by atomic mass is 79.9. The van der Waals surface area contributed by atoms with Crippen LogP contribution in [0.4, 0.5) is 0 Å². The van der Waals surface area contributed by atoms with Gasteiger partial charge in [0.05, 0.1) is 15.8 Å². The Hall–Kier alpha value is -0.960. The van der Waals surface area contributed by atoms with E-state index in [1.165, 1.54) is 12.1 Å². The number of hydrogen-bond donors (Lipinski definition) is 2. The topological polar surface area (TPSA) is 91.9 Å². The number of aromatic amines is 1. The maximum atomic E-state index is 12.4. The van der Waals surface area contributed by atoms with Crippen LogP contribution in [-0.2, 0) is 10.0 Å². The first-order chi connectivity index (χ1) is 9.70. The number of nitrogens with one attached hydrogen (secondary N) is 2. The minimum absolute atomic E-state index is 0.0182. The van der Waals surface area contributed by atoms with Crippen molar-refractivity contribution in [1.82, 2.24) is 14.7 Å². The molecule has 0 saturated heterocycles. The van der Waals surface area contributed by atoms with Gasteiger partial charge in [-0.25, -0.2) is 18.1 Å². The van der Waals surface area contributed by atoms with E-state index in [0.717, 1.165) is 12.8 Å². The smallest absolute Gasteiger partial charge is 0.259 e. The highest BCUT2D eigenvalue weighted by Gasteiger charge is 2.41. The summed E-state index contributed by atoms with van der Waals surface area (Å²) >= 11 is 8.94. The fourth-order valence-electron chi connectivity index (χ4n) is 1.98. The van der Waals surface area contributed by atoms with Gasteiger partial charge in [-0.3, -0.25) is 9.78 Å². The van der Waals surface area contributed by atoms with Gasteiger partial charge in [0.2, 0.25) is 15.3 Å². The number of aromatic nitrogens is 2. The second kappa shape index (κ2) is 4.77. The zero-order valence-electron chi connectivity index (χ0n) is 10.9. The van der Waals surface area contributed by atoms with E-state index in [0.29, 0.717) is 9.99 Å². The second-order valence-electron chi connectivity index (χ2n) is 5.32. The van der Waals surface area contributed by atoms with Crippen LogP contribution in [0.25, 0.3) is 10.9 Å². The molecule has 3 rings (SSSR count). The predicted octanol–water partition coefficient (Wildman–Crippen LogP) is 2.17. The summed E-state index contributed by atoms with van der Waals surface area (Å²) < 4.78 is 27.8. The molecule has 2 N–H and O–H groups in total. The van der Waals surface area contributed by atoms with Crippen LogP contribution in [0, 0.1) is 0 Å². The number of halogens is 2. The lowest BCUT2D eigenvalue weighted by molar-refractivity contribution is 0.558. The Bertz CT molecular complexity index is 906. The molecule has 0 spiro atoms. The molecule has 1 aromatic heterocycles. The molecular weight excluding hydrogens is 382 g/mol. The Morgan fingerprint density at radius 3 is 2.71 bits per heavy atom. The fourth-order valence-corrected chi connectivity index (χ4v) is 4.36. The molecule has 0 amide bonds. The highest BCUT2D eigenvalue weighted by Crippen LogP contribution is 2.36. The van der Waals surface area contributed by atoms with Gasteiger partial charge in [-0.05, 0) is 59.4 Å². The van der Waals surface area contributed by atoms with Crippen LogP contribution >= 0.6 is 27.5 Å². The van der Waals surface area contributed by atoms with Crippen LogP contribution in [0.15, 0.2) is 26.3 Å². The Labute approximate surface area is 134 Å². The van der Waals surface area contributed by atoms with Crippen molar-refractivity contribution in [1.29, 1.82) is 0 Å². The zero-order chi connectivity index (χ0) is 15.4. The first-order valence-corrected chi connectivity index (χ1v) is 8.79. The monoisotopic (exact) mass is 391 g/mol. The molecule has 1 saturated carbocycles. The minimum atomic E-state index is -3.69. The molecule has 112 valence electrons. The molecule has 1 aliphatic rings. The van der Waals surface area contributed by atoms with Gasteiger partial charge < -0.3 is 0 Å². The summed E-state index contributed by atoms with van der Waals surface area (Å²) in [5.74, 6) is 0. The first kappa shape index (κ1) is 15.0. The van der Waals surface area contributed by atoms with E-state index in [1.807, 2.05) is 6.92 Å². The van der Waals surface area contributed by atoms with E-state index >= 15 is 0 Å². The van der Waals surface area contributed by atoms with Crippen molar-refractivity contribution in [2.75, 3.05) is 0 Å². The Balaban J connectivity index is 2.19. The average Bonchev–Trinajstić information content (AvgIpc) is 3.06. The standard InChI is InChI=1S/C12H11BrClN3O3S/c1-12(2-3-12)17-21(19,20)6-4-7-9(8(13)5-6)15-11(14)16-10(7)18/h4-5,17H,2-3H2,1H3,(H,15,16,18). The Morgan fingerprint density at radius 2 is 2.10 bits per heavy atom. The van der Waals surface area contributed by atoms with Gasteiger partial charge in [0.15, 0.2) is 0 Å². The number of rotatable bonds is 3. The number of hydrogen-bond acceptors (Lipinski definition) is 4. The summed E-state index contributed by atoms with van der Waals surface area (Å²) in [5.41, 5.74) is -0.550. The maximum Gasteiger partial charge on any atom is 0.259 e. The van der Waals surface area contributed by atoms with Crippen LogP contribution in [0.2, 0.25) is 5.28 Å². The third-order valence-corrected chi connectivity index (χ3v) is 5.80. The number of benzene rings is 1. The molecule has 0 bridgehead atoms. The Morgan fingerprint density at radius 1 is 1.43 bits per heavy atom. The van der Waals surface area contributed by atoms with Crippen molar-refractivity contribution < 1.29 is 8.42 Å². The summed E-state index contributed by atoms with van der Waals surface area (Å²) in [7, 11) is -3.69. The summed E-state index contributed by atoms with van der Waals surface area (Å²) in [4.78, 5) is 18.3. The quantitative estimate of drug-likeness (QED) is 0.783. The molecule has 0 atom stereocenters. The number of nitrogens with zero attached hydrogens (tertiary/aromatic N) is 1. The second-order valence-corrected chi connectivity index (χ2v) is 8.22. The summed E-state index contributed by atoms with van der Waals surface area (Å²) in [6.07, 6.45) is 1.61. The van der Waals surface area contributed by atoms with E-state index in [4.69, 9.17) is 11.6 Å². The van der Waals surface area contributed by atoms with E-state index in [-0.39, 0.29) is 21.1 Å². The minimum Gasteiger partial charge on any atom is -0.297 e. The van der Waals surface area contributed by atoms with E-state index in [9.17, 15) is 13.2 Å². The highest BCUT2D eigenvalue weighted by molar-refractivity contribution is 9.10. The van der Waals surface area contributed by atoms with E-state index in [1.54, 1.807) is 0 Å². The van der Waals surface area contributed by atoms with E-state index in [2.05, 4.69) is 30.6 Å². The van der Waals surface area contributed by atoms with Crippen LogP contribution in [0.1, 0.15) is 19.8 Å². The first-order valence-electron chi connectivity index (χ1n) is 6.13. The van der Waals surface area contributed by atoms with E-state index < -0.39 is 15.6 Å². The maximum absolute atomic E-state index is 12.4. The van der Waals surface area contributed by atoms with Gasteiger partial charge in [-0.15, -0.1) is 0 Å². The average molecular weight is 393 g/mol. The van der Waals surface area contributed by atoms with Crippen LogP contribution in [0.5, 0.6) is 0 Å². The van der Waals surface area contributed by atoms with Crippen molar-refractivity contribution in [2.45, 2.75) is 30.2 Å². The van der Waals surface area contributed by atoms with Gasteiger partial charge in [0.1, 0.15) is 0 Å². The van der Waals surface area contributed by atoms with Crippen molar-refractivity contribution in [2.24, 2.45) is 0 Å². The van der Waals surface area contributed by atoms with Crippen molar-refractivity contribution in [3.05, 3.63) is 32.2 Å². The largest absolute Gasteiger partial charge is 0.297 e. The van der Waals surface area contributed by atoms with Gasteiger partial charge in [0, 0.05) is 10.0 Å². The molecule has 0 aliphatic heterocycles. The molecule has 6 nitrogen and oxygen atoms in total. The third kappa shape index (κ3) is 2.85. The molecular formula is C12H11BrClN3O3S. The number of sulfonamides is 1. The molecule has 2 aromatic rings. The molecule has 9 heteroatoms. The van der Waals surface area contributed by atoms with Gasteiger partial charge in [-0.1, -0.05) is 0 Å². The molecule has 0 radical (unpaired) electrons.